The molecule has 3 aromatic rings. The molecule has 32 heavy (non-hydrogen) atoms. The van der Waals surface area contributed by atoms with E-state index in [1.807, 2.05) is 50.2 Å². The number of nitrogens with zero attached hydrogens (tertiary/aromatic N) is 1. The van der Waals surface area contributed by atoms with Crippen LogP contribution in [0.5, 0.6) is 5.88 Å². The Labute approximate surface area is 188 Å². The van der Waals surface area contributed by atoms with Crippen molar-refractivity contribution >= 4 is 15.9 Å². The van der Waals surface area contributed by atoms with Gasteiger partial charge in [0.25, 0.3) is 5.91 Å². The summed E-state index contributed by atoms with van der Waals surface area (Å²) in [6.45, 7) is 6.04. The van der Waals surface area contributed by atoms with Gasteiger partial charge < -0.3 is 10.1 Å². The van der Waals surface area contributed by atoms with Gasteiger partial charge in [-0.2, -0.15) is 0 Å². The molecular formula is C24H27N3O4S. The van der Waals surface area contributed by atoms with Crippen molar-refractivity contribution in [3.63, 3.8) is 0 Å². The van der Waals surface area contributed by atoms with Crippen molar-refractivity contribution in [2.75, 3.05) is 0 Å². The zero-order valence-electron chi connectivity index (χ0n) is 18.3. The summed E-state index contributed by atoms with van der Waals surface area (Å²) in [5, 5.41) is 2.82. The smallest absolute Gasteiger partial charge is 0.251 e. The fraction of sp³-hybridized carbons (Fsp3) is 0.250. The molecule has 0 aliphatic carbocycles. The Kier molecular flexibility index (Phi) is 7.61. The number of rotatable bonds is 9. The van der Waals surface area contributed by atoms with E-state index in [4.69, 9.17) is 4.74 Å². The molecular weight excluding hydrogens is 426 g/mol. The van der Waals surface area contributed by atoms with Crippen LogP contribution in [0.15, 0.2) is 71.8 Å². The van der Waals surface area contributed by atoms with Gasteiger partial charge in [0.1, 0.15) is 0 Å². The summed E-state index contributed by atoms with van der Waals surface area (Å²) in [6, 6.07) is 17.3. The Bertz CT molecular complexity index is 1160. The number of pyridine rings is 1. The normalized spacial score (nSPS) is 11.4. The maximum atomic E-state index is 12.7. The zero-order chi connectivity index (χ0) is 23.1. The van der Waals surface area contributed by atoms with E-state index in [1.54, 1.807) is 25.3 Å². The summed E-state index contributed by atoms with van der Waals surface area (Å²) in [5.74, 6) is 0.164. The van der Waals surface area contributed by atoms with Crippen LogP contribution in [-0.2, 0) is 23.1 Å². The van der Waals surface area contributed by atoms with Crippen LogP contribution in [0.2, 0.25) is 0 Å². The van der Waals surface area contributed by atoms with E-state index in [9.17, 15) is 13.2 Å². The molecule has 1 aromatic heterocycles. The number of nitrogens with one attached hydrogen (secondary N) is 2. The summed E-state index contributed by atoms with van der Waals surface area (Å²) in [4.78, 5) is 17.0. The fourth-order valence-electron chi connectivity index (χ4n) is 2.97. The molecule has 0 fully saturated rings. The minimum atomic E-state index is -3.77. The van der Waals surface area contributed by atoms with Crippen molar-refractivity contribution < 1.29 is 17.9 Å². The number of hydrogen-bond donors (Lipinski definition) is 2. The number of carbonyl (C=O) groups excluding carboxylic acids is 1. The molecule has 168 valence electrons. The Balaban J connectivity index is 1.67. The third kappa shape index (κ3) is 6.38. The summed E-state index contributed by atoms with van der Waals surface area (Å²) in [5.41, 5.74) is 2.64. The SMILES string of the molecule is Cc1ccc(S(=O)(=O)NCc2ccccc2)cc1C(=O)NCc1ccc(OC(C)C)nc1. The quantitative estimate of drug-likeness (QED) is 0.516. The highest BCUT2D eigenvalue weighted by atomic mass is 32.2. The summed E-state index contributed by atoms with van der Waals surface area (Å²) in [6.07, 6.45) is 1.67. The van der Waals surface area contributed by atoms with E-state index >= 15 is 0 Å². The molecule has 0 bridgehead atoms. The maximum Gasteiger partial charge on any atom is 0.251 e. The highest BCUT2D eigenvalue weighted by molar-refractivity contribution is 7.89. The topological polar surface area (TPSA) is 97.4 Å². The molecule has 0 saturated heterocycles. The van der Waals surface area contributed by atoms with Crippen molar-refractivity contribution in [3.8, 4) is 5.88 Å². The highest BCUT2D eigenvalue weighted by Gasteiger charge is 2.18. The molecule has 0 spiro atoms. The molecule has 0 aliphatic rings. The van der Waals surface area contributed by atoms with Gasteiger partial charge in [-0.25, -0.2) is 18.1 Å². The molecule has 2 aromatic carbocycles. The number of benzene rings is 2. The van der Waals surface area contributed by atoms with E-state index in [1.165, 1.54) is 12.1 Å². The molecule has 2 N–H and O–H groups in total. The van der Waals surface area contributed by atoms with Gasteiger partial charge in [-0.15, -0.1) is 0 Å². The van der Waals surface area contributed by atoms with E-state index in [-0.39, 0.29) is 30.0 Å². The Hall–Kier alpha value is -3.23. The number of amides is 1. The Morgan fingerprint density at radius 3 is 2.41 bits per heavy atom. The lowest BCUT2D eigenvalue weighted by Crippen LogP contribution is -2.26. The minimum absolute atomic E-state index is 0.0294. The second-order valence-corrected chi connectivity index (χ2v) is 9.41. The van der Waals surface area contributed by atoms with Gasteiger partial charge in [0.15, 0.2) is 0 Å². The van der Waals surface area contributed by atoms with Gasteiger partial charge in [0.2, 0.25) is 15.9 Å². The summed E-state index contributed by atoms with van der Waals surface area (Å²) >= 11 is 0. The maximum absolute atomic E-state index is 12.7. The number of aromatic nitrogens is 1. The Morgan fingerprint density at radius 1 is 1.00 bits per heavy atom. The van der Waals surface area contributed by atoms with Crippen molar-refractivity contribution in [3.05, 3.63) is 89.1 Å². The lowest BCUT2D eigenvalue weighted by atomic mass is 10.1. The molecule has 8 heteroatoms. The van der Waals surface area contributed by atoms with Crippen molar-refractivity contribution in [2.45, 2.75) is 44.9 Å². The van der Waals surface area contributed by atoms with Crippen molar-refractivity contribution in [1.29, 1.82) is 0 Å². The van der Waals surface area contributed by atoms with Gasteiger partial charge in [-0.05, 0) is 49.6 Å². The average molecular weight is 454 g/mol. The predicted octanol–water partition coefficient (Wildman–Crippen LogP) is 3.59. The van der Waals surface area contributed by atoms with Gasteiger partial charge in [-0.1, -0.05) is 42.5 Å². The predicted molar refractivity (Wildman–Crippen MR) is 123 cm³/mol. The third-order valence-corrected chi connectivity index (χ3v) is 6.08. The standard InChI is InChI=1S/C24H27N3O4S/c1-17(2)31-23-12-10-20(14-25-23)15-26-24(28)22-13-21(11-9-18(22)3)32(29,30)27-16-19-7-5-4-6-8-19/h4-14,17,27H,15-16H2,1-3H3,(H,26,28). The minimum Gasteiger partial charge on any atom is -0.475 e. The lowest BCUT2D eigenvalue weighted by Gasteiger charge is -2.12. The van der Waals surface area contributed by atoms with E-state index in [0.29, 0.717) is 17.0 Å². The first-order chi connectivity index (χ1) is 15.2. The van der Waals surface area contributed by atoms with E-state index in [2.05, 4.69) is 15.0 Å². The third-order valence-electron chi connectivity index (χ3n) is 4.68. The fourth-order valence-corrected chi connectivity index (χ4v) is 4.02. The number of carbonyl (C=O) groups is 1. The van der Waals surface area contributed by atoms with Crippen LogP contribution in [0.3, 0.4) is 0 Å². The van der Waals surface area contributed by atoms with Crippen LogP contribution in [0.4, 0.5) is 0 Å². The van der Waals surface area contributed by atoms with Crippen LogP contribution < -0.4 is 14.8 Å². The van der Waals surface area contributed by atoms with Gasteiger partial charge in [-0.3, -0.25) is 4.79 Å². The first-order valence-electron chi connectivity index (χ1n) is 10.3. The number of aryl methyl sites for hydroxylation is 1. The Morgan fingerprint density at radius 2 is 1.75 bits per heavy atom. The van der Waals surface area contributed by atoms with Crippen LogP contribution >= 0.6 is 0 Å². The van der Waals surface area contributed by atoms with Crippen LogP contribution in [0.1, 0.15) is 40.9 Å². The average Bonchev–Trinajstić information content (AvgIpc) is 2.77. The van der Waals surface area contributed by atoms with Gasteiger partial charge >= 0.3 is 0 Å². The van der Waals surface area contributed by atoms with Crippen molar-refractivity contribution in [2.24, 2.45) is 0 Å². The molecule has 0 atom stereocenters. The lowest BCUT2D eigenvalue weighted by molar-refractivity contribution is 0.0950. The first kappa shape index (κ1) is 23.4. The zero-order valence-corrected chi connectivity index (χ0v) is 19.1. The molecule has 7 nitrogen and oxygen atoms in total. The summed E-state index contributed by atoms with van der Waals surface area (Å²) in [7, 11) is -3.77. The summed E-state index contributed by atoms with van der Waals surface area (Å²) < 4.78 is 33.5. The molecule has 0 unspecified atom stereocenters. The second-order valence-electron chi connectivity index (χ2n) is 7.64. The van der Waals surface area contributed by atoms with Crippen molar-refractivity contribution in [1.82, 2.24) is 15.0 Å². The van der Waals surface area contributed by atoms with Gasteiger partial charge in [0.05, 0.1) is 11.0 Å². The number of sulfonamides is 1. The molecule has 3 rings (SSSR count). The van der Waals surface area contributed by atoms with Gasteiger partial charge in [0, 0.05) is 30.9 Å². The second kappa shape index (κ2) is 10.4. The van der Waals surface area contributed by atoms with E-state index < -0.39 is 10.0 Å². The first-order valence-corrected chi connectivity index (χ1v) is 11.8. The molecule has 0 radical (unpaired) electrons. The molecule has 1 heterocycles. The van der Waals surface area contributed by atoms with E-state index in [0.717, 1.165) is 11.1 Å². The highest BCUT2D eigenvalue weighted by Crippen LogP contribution is 2.17. The molecule has 0 aliphatic heterocycles. The van der Waals surface area contributed by atoms with Crippen LogP contribution in [0, 0.1) is 6.92 Å². The number of ether oxygens (including phenoxy) is 1. The molecule has 1 amide bonds. The largest absolute Gasteiger partial charge is 0.475 e. The van der Waals surface area contributed by atoms with Crippen LogP contribution in [-0.4, -0.2) is 25.4 Å². The molecule has 0 saturated carbocycles. The monoisotopic (exact) mass is 453 g/mol. The number of hydrogen-bond acceptors (Lipinski definition) is 5. The van der Waals surface area contributed by atoms with Crippen LogP contribution in [0.25, 0.3) is 0 Å².